The van der Waals surface area contributed by atoms with Gasteiger partial charge < -0.3 is 117 Å². The number of hydrogen-bond donors (Lipinski definition) is 10. The van der Waals surface area contributed by atoms with Gasteiger partial charge in [-0.1, -0.05) is 0 Å². The van der Waals surface area contributed by atoms with Gasteiger partial charge in [0, 0.05) is 6.61 Å². The number of aliphatic hydroxyl groups is 7. The molecule has 0 radical (unpaired) electrons. The zero-order chi connectivity index (χ0) is 52.1. The maximum Gasteiger partial charge on any atom is 1.00 e. The van der Waals surface area contributed by atoms with Gasteiger partial charge in [0.05, 0.1) is 25.2 Å². The number of ether oxygens (including phenoxy) is 8. The summed E-state index contributed by atoms with van der Waals surface area (Å²) in [6, 6.07) is -4.90. The number of nitrogens with two attached hydrogens (primary N) is 1. The Morgan fingerprint density at radius 3 is 1.27 bits per heavy atom. The molecule has 20 atom stereocenters. The fourth-order valence-electron chi connectivity index (χ4n) is 7.12. The maximum atomic E-state index is 12.5. The second-order valence-corrected chi connectivity index (χ2v) is 19.5. The third kappa shape index (κ3) is 25.3. The number of hydrogen-bond acceptors (Lipinski definition) is 34. The number of aliphatic hydroxyl groups excluding tert-OH is 7. The van der Waals surface area contributed by atoms with E-state index in [-0.39, 0.29) is 197 Å². The molecule has 0 amide bonds. The van der Waals surface area contributed by atoms with Crippen LogP contribution in [0.1, 0.15) is 19.3 Å². The molecule has 4 aliphatic heterocycles. The van der Waals surface area contributed by atoms with Crippen LogP contribution in [0.2, 0.25) is 0 Å². The molecule has 4 aliphatic rings. The monoisotopic (exact) mass is 1230 g/mol. The molecule has 46 heteroatoms. The molecule has 0 aromatic carbocycles. The van der Waals surface area contributed by atoms with E-state index >= 15 is 0 Å². The van der Waals surface area contributed by atoms with E-state index in [2.05, 4.69) is 8.37 Å². The van der Waals surface area contributed by atoms with Crippen LogP contribution in [0.15, 0.2) is 0 Å². The van der Waals surface area contributed by atoms with E-state index in [4.69, 9.17) is 43.6 Å². The predicted octanol–water partition coefficient (Wildman–Crippen LogP) is -32.0. The van der Waals surface area contributed by atoms with Crippen molar-refractivity contribution in [3.63, 3.8) is 0 Å². The summed E-state index contributed by atoms with van der Waals surface area (Å²) in [5, 5.41) is 99.8. The van der Waals surface area contributed by atoms with Crippen LogP contribution in [0.5, 0.6) is 0 Å². The first-order valence-corrected chi connectivity index (χ1v) is 25.0. The minimum Gasteiger partial charge on any atom is -0.735 e. The molecule has 4 heterocycles. The van der Waals surface area contributed by atoms with E-state index in [1.807, 2.05) is 0 Å². The minimum atomic E-state index is -5.88. The normalized spacial score (nSPS) is 36.3. The Balaban J connectivity index is -0.00000864. The van der Waals surface area contributed by atoms with Crippen LogP contribution in [0.3, 0.4) is 0 Å². The van der Waals surface area contributed by atoms with Crippen LogP contribution in [0, 0.1) is 0 Å². The second-order valence-electron chi connectivity index (χ2n) is 15.1. The summed E-state index contributed by atoms with van der Waals surface area (Å²) in [6.07, 6.45) is -44.6. The Morgan fingerprint density at radius 1 is 0.480 bits per heavy atom. The molecule has 0 saturated carbocycles. The molecule has 4 fully saturated rings. The summed E-state index contributed by atoms with van der Waals surface area (Å²) in [6.45, 7) is -3.11. The molecule has 4 rings (SSSR count). The minimum absolute atomic E-state index is 0. The number of carbonyl (C=O) groups is 2. The zero-order valence-electron chi connectivity index (χ0n) is 40.5. The molecule has 4 saturated heterocycles. The molecular weight excluding hydrogens is 1180 g/mol. The van der Waals surface area contributed by atoms with Crippen LogP contribution in [0.4, 0.5) is 0 Å². The molecule has 36 nitrogen and oxygen atoms in total. The summed E-state index contributed by atoms with van der Waals surface area (Å²) in [7, 11) is -22.8. The third-order valence-electron chi connectivity index (χ3n) is 10.2. The molecule has 0 aromatic rings. The first-order valence-electron chi connectivity index (χ1n) is 19.5. The number of unbranched alkanes of at least 4 members (excludes halogenated alkanes) is 2. The van der Waals surface area contributed by atoms with Gasteiger partial charge in [-0.3, -0.25) is 8.37 Å². The standard InChI is InChI=1S/C29H51N3O33S4.6Na/c30-4-2-1-3-5-56-26-10(31-66(44,45)46)12(33)19(8(59-26)6-57-68(50,51)52)62-29-18(39)16(37)21(23(65-29)25(42)43)63-27-11(32-67(47,48)49)13(34)20(9(60-27)7-58-69(53,54)55)61-28-17(38)14(35)15(36)22(64-28)24(40)41;;;;;;/h8-23,26-29,31-39H,1-7,30H2,(H,40,41)(H,42,43)(H,44,45,46)(H,47,48,49)(H,50,51,52)(H,53,54,55);;;;;;/q;6*+1/p-6/t8-,9-,10-,11-,12-,13-,14+,15+,16-,17-,18-,19-,20-,21+,22-,23+,26+,27-,28-,29-;;;;;;/m1....../s1. The third-order valence-corrected chi connectivity index (χ3v) is 12.2. The van der Waals surface area contributed by atoms with E-state index in [9.17, 15) is 107 Å². The molecule has 11 N–H and O–H groups in total. The van der Waals surface area contributed by atoms with Crippen LogP contribution in [-0.4, -0.2) is 249 Å². The van der Waals surface area contributed by atoms with Crippen molar-refractivity contribution in [1.82, 2.24) is 9.44 Å². The number of carbonyl (C=O) groups excluding carboxylic acids is 2. The molecule has 0 spiro atoms. The maximum absolute atomic E-state index is 12.5. The average Bonchev–Trinajstić information content (AvgIpc) is 3.21. The van der Waals surface area contributed by atoms with Gasteiger partial charge in [-0.15, -0.1) is 0 Å². The molecule has 0 aromatic heterocycles. The summed E-state index contributed by atoms with van der Waals surface area (Å²) in [5.74, 6) is -4.69. The molecule has 404 valence electrons. The van der Waals surface area contributed by atoms with Crippen molar-refractivity contribution in [2.45, 2.75) is 142 Å². The predicted molar refractivity (Wildman–Crippen MR) is 195 cm³/mol. The number of carboxylic acids is 2. The van der Waals surface area contributed by atoms with E-state index in [0.717, 1.165) is 0 Å². The average molecular weight is 1230 g/mol. The van der Waals surface area contributed by atoms with Crippen molar-refractivity contribution in [2.75, 3.05) is 26.4 Å². The topological polar surface area (TPSA) is 593 Å². The zero-order valence-corrected chi connectivity index (χ0v) is 55.7. The van der Waals surface area contributed by atoms with Gasteiger partial charge in [0.1, 0.15) is 97.5 Å². The first kappa shape index (κ1) is 83.0. The number of aliphatic carboxylic acids is 2. The number of carboxylic acid groups (broad SMARTS) is 2. The van der Waals surface area contributed by atoms with Gasteiger partial charge in [-0.25, -0.2) is 43.1 Å². The van der Waals surface area contributed by atoms with Crippen LogP contribution in [-0.2, 0) is 97.3 Å². The molecule has 0 aliphatic carbocycles. The summed E-state index contributed by atoms with van der Waals surface area (Å²) in [4.78, 5) is 24.1. The molecule has 0 bridgehead atoms. The van der Waals surface area contributed by atoms with Crippen molar-refractivity contribution in [3.8, 4) is 0 Å². The van der Waals surface area contributed by atoms with Crippen LogP contribution in [0.25, 0.3) is 0 Å². The Labute approximate surface area is 560 Å². The quantitative estimate of drug-likeness (QED) is 0.0186. The number of rotatable bonds is 24. The Bertz CT molecular complexity index is 2200. The molecule has 75 heavy (non-hydrogen) atoms. The van der Waals surface area contributed by atoms with Crippen molar-refractivity contribution in [3.05, 3.63) is 0 Å². The van der Waals surface area contributed by atoms with Gasteiger partial charge in [0.15, 0.2) is 45.8 Å². The van der Waals surface area contributed by atoms with Crippen LogP contribution < -0.4 is 203 Å². The summed E-state index contributed by atoms with van der Waals surface area (Å²) < 4.78 is 193. The van der Waals surface area contributed by atoms with Gasteiger partial charge >= 0.3 is 177 Å². The van der Waals surface area contributed by atoms with Gasteiger partial charge in [0.2, 0.25) is 20.8 Å². The summed E-state index contributed by atoms with van der Waals surface area (Å²) in [5.41, 5.74) is 5.43. The Hall–Kier alpha value is 3.78. The van der Waals surface area contributed by atoms with Gasteiger partial charge in [-0.05, 0) is 25.8 Å². The van der Waals surface area contributed by atoms with E-state index in [1.165, 1.54) is 9.44 Å². The second kappa shape index (κ2) is 36.0. The SMILES string of the molecule is NCCCCCO[C@H]1O[C@H](COS(=O)(=O)[O-])[C@@H](O[C@@H]2O[C@H](C(=O)[O-])[C@@H](O[C@H]3O[C@H](COS(=O)(=O)[O-])[C@@H](O[C@@H]4O[C@@H](C(=O)[O-])[C@@H](O)[C@H](O)[C@H]4O)[C@H](O)[C@H]3NS(=O)(=O)[O-])[C@H](O)[C@H]2O)[C@H](O)[C@H]1NS(=O)(=O)[O-].[Na+].[Na+].[Na+].[Na+].[Na+].[Na+]. The van der Waals surface area contributed by atoms with Gasteiger partial charge in [0.25, 0.3) is 0 Å². The fraction of sp³-hybridized carbons (Fsp3) is 0.931. The Morgan fingerprint density at radius 2 is 0.867 bits per heavy atom. The largest absolute Gasteiger partial charge is 1.00 e. The van der Waals surface area contributed by atoms with E-state index in [1.54, 1.807) is 0 Å². The van der Waals surface area contributed by atoms with Crippen molar-refractivity contribution in [2.24, 2.45) is 5.73 Å². The van der Waals surface area contributed by atoms with Crippen molar-refractivity contribution in [1.29, 1.82) is 0 Å². The van der Waals surface area contributed by atoms with Crippen molar-refractivity contribution >= 4 is 53.3 Å². The Kier molecular flexibility index (Phi) is 39.9. The van der Waals surface area contributed by atoms with Crippen LogP contribution >= 0.6 is 0 Å². The molecular formula is C29H45N3Na6O33S4. The smallest absolute Gasteiger partial charge is 0.735 e. The summed E-state index contributed by atoms with van der Waals surface area (Å²) >= 11 is 0. The van der Waals surface area contributed by atoms with Gasteiger partial charge in [-0.2, -0.15) is 0 Å². The van der Waals surface area contributed by atoms with E-state index in [0.29, 0.717) is 12.8 Å². The molecule has 0 unspecified atom stereocenters. The fourth-order valence-corrected chi connectivity index (χ4v) is 8.89. The van der Waals surface area contributed by atoms with Crippen molar-refractivity contribution < 1.29 is 331 Å². The number of nitrogens with one attached hydrogen (secondary N) is 2. The first-order chi connectivity index (χ1) is 31.7. The van der Waals surface area contributed by atoms with E-state index < -0.39 is 189 Å².